The van der Waals surface area contributed by atoms with Crippen LogP contribution in [0.15, 0.2) is 70.8 Å². The van der Waals surface area contributed by atoms with Crippen LogP contribution in [0.1, 0.15) is 5.89 Å². The maximum atomic E-state index is 5.93. The van der Waals surface area contributed by atoms with Crippen molar-refractivity contribution in [2.45, 2.75) is 17.5 Å². The molecule has 0 saturated heterocycles. The molecule has 0 amide bonds. The van der Waals surface area contributed by atoms with Crippen molar-refractivity contribution in [3.05, 3.63) is 72.1 Å². The normalized spacial score (nSPS) is 10.9. The molecule has 0 aliphatic carbocycles. The molecule has 0 aliphatic heterocycles. The monoisotopic (exact) mass is 439 g/mol. The van der Waals surface area contributed by atoms with Crippen LogP contribution in [0.25, 0.3) is 22.8 Å². The molecule has 2 aromatic carbocycles. The van der Waals surface area contributed by atoms with E-state index < -0.39 is 0 Å². The number of thioether (sulfide) groups is 1. The second-order valence-electron chi connectivity index (χ2n) is 6.20. The molecule has 0 saturated carbocycles. The van der Waals surface area contributed by atoms with Gasteiger partial charge in [0.05, 0.1) is 18.4 Å². The second kappa shape index (κ2) is 9.15. The van der Waals surface area contributed by atoms with Crippen LogP contribution in [0, 0.1) is 0 Å². The lowest BCUT2D eigenvalue weighted by molar-refractivity contribution is 0.416. The summed E-state index contributed by atoms with van der Waals surface area (Å²) in [6.45, 7) is 4.41. The topological polar surface area (TPSA) is 78.9 Å². The third-order valence-corrected chi connectivity index (χ3v) is 5.46. The Morgan fingerprint density at radius 3 is 2.67 bits per heavy atom. The Hall–Kier alpha value is -3.10. The fraction of sp³-hybridized carbons (Fsp3) is 0.143. The highest BCUT2D eigenvalue weighted by Crippen LogP contribution is 2.32. The molecule has 0 unspecified atom stereocenters. The first-order valence-electron chi connectivity index (χ1n) is 9.08. The average Bonchev–Trinajstić information content (AvgIpc) is 3.40. The van der Waals surface area contributed by atoms with Gasteiger partial charge in [-0.3, -0.25) is 4.57 Å². The van der Waals surface area contributed by atoms with Gasteiger partial charge in [0, 0.05) is 17.1 Å². The SMILES string of the molecule is C=CCn1c(SCc2nnc(-c3ccc(Cl)cc3)o2)nnc1-c1ccccc1OC. The first kappa shape index (κ1) is 20.2. The minimum Gasteiger partial charge on any atom is -0.496 e. The molecule has 0 fully saturated rings. The molecule has 30 heavy (non-hydrogen) atoms. The van der Waals surface area contributed by atoms with Crippen molar-refractivity contribution in [3.63, 3.8) is 0 Å². The Kier molecular flexibility index (Phi) is 6.15. The van der Waals surface area contributed by atoms with Crippen molar-refractivity contribution < 1.29 is 9.15 Å². The molecule has 0 spiro atoms. The summed E-state index contributed by atoms with van der Waals surface area (Å²) in [4.78, 5) is 0. The number of halogens is 1. The van der Waals surface area contributed by atoms with Crippen LogP contribution in [-0.2, 0) is 12.3 Å². The molecule has 0 atom stereocenters. The molecule has 0 N–H and O–H groups in total. The Labute approximate surface area is 182 Å². The van der Waals surface area contributed by atoms with Gasteiger partial charge in [-0.15, -0.1) is 27.0 Å². The van der Waals surface area contributed by atoms with E-state index in [0.717, 1.165) is 22.0 Å². The molecular weight excluding hydrogens is 422 g/mol. The van der Waals surface area contributed by atoms with Crippen LogP contribution >= 0.6 is 23.4 Å². The summed E-state index contributed by atoms with van der Waals surface area (Å²) >= 11 is 7.39. The Bertz CT molecular complexity index is 1160. The number of allylic oxidation sites excluding steroid dienone is 1. The number of nitrogens with zero attached hydrogens (tertiary/aromatic N) is 5. The van der Waals surface area contributed by atoms with Crippen LogP contribution in [0.4, 0.5) is 0 Å². The van der Waals surface area contributed by atoms with Gasteiger partial charge in [-0.1, -0.05) is 41.6 Å². The number of rotatable bonds is 8. The van der Waals surface area contributed by atoms with Crippen molar-refractivity contribution in [1.82, 2.24) is 25.0 Å². The Morgan fingerprint density at radius 2 is 1.90 bits per heavy atom. The summed E-state index contributed by atoms with van der Waals surface area (Å²) < 4.78 is 13.2. The minimum absolute atomic E-state index is 0.449. The van der Waals surface area contributed by atoms with E-state index in [1.165, 1.54) is 11.8 Å². The lowest BCUT2D eigenvalue weighted by atomic mass is 10.2. The van der Waals surface area contributed by atoms with Gasteiger partial charge in [0.25, 0.3) is 0 Å². The molecule has 4 rings (SSSR count). The van der Waals surface area contributed by atoms with Gasteiger partial charge < -0.3 is 9.15 Å². The zero-order chi connectivity index (χ0) is 20.9. The summed E-state index contributed by atoms with van der Waals surface area (Å²) in [6, 6.07) is 15.0. The molecule has 0 radical (unpaired) electrons. The highest BCUT2D eigenvalue weighted by atomic mass is 35.5. The molecule has 0 bridgehead atoms. The molecule has 4 aromatic rings. The average molecular weight is 440 g/mol. The summed E-state index contributed by atoms with van der Waals surface area (Å²) in [7, 11) is 1.64. The number of methoxy groups -OCH3 is 1. The maximum Gasteiger partial charge on any atom is 0.247 e. The largest absolute Gasteiger partial charge is 0.496 e. The van der Waals surface area contributed by atoms with E-state index in [9.17, 15) is 0 Å². The van der Waals surface area contributed by atoms with Gasteiger partial charge in [0.1, 0.15) is 5.75 Å². The number of aromatic nitrogens is 5. The highest BCUT2D eigenvalue weighted by Gasteiger charge is 2.18. The predicted octanol–water partition coefficient (Wildman–Crippen LogP) is 5.14. The number of ether oxygens (including phenoxy) is 1. The van der Waals surface area contributed by atoms with Crippen LogP contribution < -0.4 is 4.74 Å². The van der Waals surface area contributed by atoms with Crippen molar-refractivity contribution in [2.24, 2.45) is 0 Å². The van der Waals surface area contributed by atoms with E-state index in [2.05, 4.69) is 27.0 Å². The van der Waals surface area contributed by atoms with Crippen LogP contribution in [0.5, 0.6) is 5.75 Å². The maximum absolute atomic E-state index is 5.93. The van der Waals surface area contributed by atoms with Crippen molar-refractivity contribution in [3.8, 4) is 28.6 Å². The molecule has 2 aromatic heterocycles. The van der Waals surface area contributed by atoms with Gasteiger partial charge >= 0.3 is 0 Å². The first-order chi connectivity index (χ1) is 14.7. The Morgan fingerprint density at radius 1 is 1.10 bits per heavy atom. The van der Waals surface area contributed by atoms with E-state index in [0.29, 0.717) is 34.9 Å². The smallest absolute Gasteiger partial charge is 0.247 e. The van der Waals surface area contributed by atoms with E-state index >= 15 is 0 Å². The third kappa shape index (κ3) is 4.24. The van der Waals surface area contributed by atoms with E-state index in [-0.39, 0.29) is 0 Å². The van der Waals surface area contributed by atoms with Gasteiger partial charge in [0.15, 0.2) is 11.0 Å². The van der Waals surface area contributed by atoms with Crippen LogP contribution in [0.2, 0.25) is 5.02 Å². The van der Waals surface area contributed by atoms with Crippen LogP contribution in [0.3, 0.4) is 0 Å². The number of hydrogen-bond acceptors (Lipinski definition) is 7. The fourth-order valence-corrected chi connectivity index (χ4v) is 3.78. The quantitative estimate of drug-likeness (QED) is 0.278. The van der Waals surface area contributed by atoms with Crippen LogP contribution in [-0.4, -0.2) is 32.1 Å². The zero-order valence-electron chi connectivity index (χ0n) is 16.2. The summed E-state index contributed by atoms with van der Waals surface area (Å²) in [5.74, 6) is 2.85. The lowest BCUT2D eigenvalue weighted by Crippen LogP contribution is -2.01. The Balaban J connectivity index is 1.55. The summed E-state index contributed by atoms with van der Waals surface area (Å²) in [5.41, 5.74) is 1.68. The third-order valence-electron chi connectivity index (χ3n) is 4.26. The van der Waals surface area contributed by atoms with Crippen molar-refractivity contribution >= 4 is 23.4 Å². The van der Waals surface area contributed by atoms with Gasteiger partial charge in [-0.25, -0.2) is 0 Å². The highest BCUT2D eigenvalue weighted by molar-refractivity contribution is 7.98. The minimum atomic E-state index is 0.449. The standard InChI is InChI=1S/C21H18ClN5O2S/c1-3-12-27-19(16-6-4-5-7-17(16)28-2)24-26-21(27)30-13-18-23-25-20(29-18)14-8-10-15(22)11-9-14/h3-11H,1,12-13H2,2H3. The van der Waals surface area contributed by atoms with Gasteiger partial charge in [-0.05, 0) is 36.4 Å². The van der Waals surface area contributed by atoms with E-state index in [1.54, 1.807) is 25.3 Å². The molecule has 7 nitrogen and oxygen atoms in total. The van der Waals surface area contributed by atoms with E-state index in [1.807, 2.05) is 41.0 Å². The lowest BCUT2D eigenvalue weighted by Gasteiger charge is -2.10. The molecule has 2 heterocycles. The van der Waals surface area contributed by atoms with E-state index in [4.69, 9.17) is 20.8 Å². The molecule has 152 valence electrons. The molecule has 9 heteroatoms. The van der Waals surface area contributed by atoms with Gasteiger partial charge in [-0.2, -0.15) is 0 Å². The van der Waals surface area contributed by atoms with Gasteiger partial charge in [0.2, 0.25) is 11.8 Å². The summed E-state index contributed by atoms with van der Waals surface area (Å²) in [6.07, 6.45) is 1.80. The number of hydrogen-bond donors (Lipinski definition) is 0. The summed E-state index contributed by atoms with van der Waals surface area (Å²) in [5, 5.41) is 18.3. The van der Waals surface area contributed by atoms with Crippen molar-refractivity contribution in [1.29, 1.82) is 0 Å². The molecule has 0 aliphatic rings. The predicted molar refractivity (Wildman–Crippen MR) is 117 cm³/mol. The molecular formula is C21H18ClN5O2S. The van der Waals surface area contributed by atoms with Crippen molar-refractivity contribution in [2.75, 3.05) is 7.11 Å². The fourth-order valence-electron chi connectivity index (χ4n) is 2.87. The number of para-hydroxylation sites is 1. The first-order valence-corrected chi connectivity index (χ1v) is 10.4. The zero-order valence-corrected chi connectivity index (χ0v) is 17.7. The number of benzene rings is 2. The second-order valence-corrected chi connectivity index (χ2v) is 7.58.